The van der Waals surface area contributed by atoms with Crippen LogP contribution in [-0.4, -0.2) is 27.9 Å². The van der Waals surface area contributed by atoms with Gasteiger partial charge in [0.25, 0.3) is 0 Å². The van der Waals surface area contributed by atoms with Gasteiger partial charge >= 0.3 is 7.12 Å². The van der Waals surface area contributed by atoms with Crippen molar-refractivity contribution in [1.29, 1.82) is 0 Å². The molecule has 3 heterocycles. The molecule has 0 radical (unpaired) electrons. The van der Waals surface area contributed by atoms with Crippen molar-refractivity contribution in [2.75, 3.05) is 0 Å². The van der Waals surface area contributed by atoms with Crippen molar-refractivity contribution in [3.63, 3.8) is 0 Å². The molecule has 5 heteroatoms. The van der Waals surface area contributed by atoms with E-state index >= 15 is 0 Å². The summed E-state index contributed by atoms with van der Waals surface area (Å²) in [5, 5.41) is 4.24. The highest BCUT2D eigenvalue weighted by atomic mass is 16.7. The van der Waals surface area contributed by atoms with E-state index in [1.807, 2.05) is 16.8 Å². The van der Waals surface area contributed by atoms with Crippen LogP contribution in [0.4, 0.5) is 0 Å². The molecule has 4 nitrogen and oxygen atoms in total. The molecule has 0 aliphatic carbocycles. The predicted molar refractivity (Wildman–Crippen MR) is 75.6 cm³/mol. The first-order valence-electron chi connectivity index (χ1n) is 6.60. The van der Waals surface area contributed by atoms with Crippen LogP contribution < -0.4 is 5.46 Å². The van der Waals surface area contributed by atoms with Gasteiger partial charge in [-0.1, -0.05) is 0 Å². The third-order valence-electron chi connectivity index (χ3n) is 4.28. The average molecular weight is 258 g/mol. The molecule has 1 saturated heterocycles. The molecular formula is C14H19BN2O2. The second kappa shape index (κ2) is 3.84. The molecule has 100 valence electrons. The van der Waals surface area contributed by atoms with Crippen molar-refractivity contribution < 1.29 is 9.31 Å². The highest BCUT2D eigenvalue weighted by molar-refractivity contribution is 6.62. The largest absolute Gasteiger partial charge is 0.495 e. The smallest absolute Gasteiger partial charge is 0.399 e. The fraction of sp³-hybridized carbons (Fsp3) is 0.500. The summed E-state index contributed by atoms with van der Waals surface area (Å²) < 4.78 is 14.1. The standard InChI is InChI=1S/C14H19BN2O2/c1-10-9-17-11(6-7-16-17)8-12(10)15-18-13(2,3)14(4,5)19-15/h6-9H,1-5H3. The second-order valence-corrected chi connectivity index (χ2v) is 6.20. The maximum Gasteiger partial charge on any atom is 0.495 e. The van der Waals surface area contributed by atoms with Gasteiger partial charge in [-0.05, 0) is 57.8 Å². The Labute approximate surface area is 113 Å². The maximum absolute atomic E-state index is 6.10. The normalized spacial score (nSPS) is 21.2. The van der Waals surface area contributed by atoms with Crippen LogP contribution in [0.15, 0.2) is 24.5 Å². The fourth-order valence-corrected chi connectivity index (χ4v) is 2.30. The van der Waals surface area contributed by atoms with Crippen molar-refractivity contribution >= 4 is 18.1 Å². The van der Waals surface area contributed by atoms with Crippen molar-refractivity contribution in [3.8, 4) is 0 Å². The molecule has 0 spiro atoms. The van der Waals surface area contributed by atoms with Crippen LogP contribution >= 0.6 is 0 Å². The lowest BCUT2D eigenvalue weighted by Crippen LogP contribution is -2.41. The Balaban J connectivity index is 2.04. The van der Waals surface area contributed by atoms with E-state index in [1.165, 1.54) is 0 Å². The van der Waals surface area contributed by atoms with Gasteiger partial charge < -0.3 is 9.31 Å². The molecule has 0 unspecified atom stereocenters. The maximum atomic E-state index is 6.10. The van der Waals surface area contributed by atoms with E-state index in [0.29, 0.717) is 0 Å². The Morgan fingerprint density at radius 2 is 1.79 bits per heavy atom. The Morgan fingerprint density at radius 3 is 2.42 bits per heavy atom. The Bertz CT molecular complexity index is 617. The number of nitrogens with zero attached hydrogens (tertiary/aromatic N) is 2. The minimum absolute atomic E-state index is 0.309. The number of rotatable bonds is 1. The summed E-state index contributed by atoms with van der Waals surface area (Å²) in [6.07, 6.45) is 3.80. The SMILES string of the molecule is Cc1cn2nccc2cc1B1OC(C)(C)C(C)(C)O1. The van der Waals surface area contributed by atoms with Crippen LogP contribution in [0, 0.1) is 6.92 Å². The van der Waals surface area contributed by atoms with E-state index in [9.17, 15) is 0 Å². The quantitative estimate of drug-likeness (QED) is 0.733. The molecule has 1 aliphatic heterocycles. The van der Waals surface area contributed by atoms with Crippen molar-refractivity contribution in [2.45, 2.75) is 45.8 Å². The summed E-state index contributed by atoms with van der Waals surface area (Å²) in [5.41, 5.74) is 2.63. The minimum atomic E-state index is -0.315. The molecule has 0 N–H and O–H groups in total. The van der Waals surface area contributed by atoms with Gasteiger partial charge in [-0.2, -0.15) is 5.10 Å². The zero-order valence-electron chi connectivity index (χ0n) is 12.1. The van der Waals surface area contributed by atoms with Crippen molar-refractivity contribution in [3.05, 3.63) is 30.1 Å². The minimum Gasteiger partial charge on any atom is -0.399 e. The van der Waals surface area contributed by atoms with Gasteiger partial charge in [0.1, 0.15) is 0 Å². The molecule has 3 rings (SSSR count). The topological polar surface area (TPSA) is 35.8 Å². The number of hydrogen-bond donors (Lipinski definition) is 0. The number of hydrogen-bond acceptors (Lipinski definition) is 3. The molecule has 0 bridgehead atoms. The predicted octanol–water partition coefficient (Wildman–Crippen LogP) is 1.94. The van der Waals surface area contributed by atoms with Gasteiger partial charge in [-0.25, -0.2) is 4.52 Å². The number of pyridine rings is 1. The molecule has 2 aromatic rings. The lowest BCUT2D eigenvalue weighted by molar-refractivity contribution is 0.00578. The molecule has 0 atom stereocenters. The molecule has 0 amide bonds. The van der Waals surface area contributed by atoms with Crippen LogP contribution in [-0.2, 0) is 9.31 Å². The highest BCUT2D eigenvalue weighted by Gasteiger charge is 2.52. The van der Waals surface area contributed by atoms with Crippen LogP contribution in [0.2, 0.25) is 0 Å². The van der Waals surface area contributed by atoms with Gasteiger partial charge in [0.2, 0.25) is 0 Å². The Morgan fingerprint density at radius 1 is 1.16 bits per heavy atom. The lowest BCUT2D eigenvalue weighted by Gasteiger charge is -2.32. The first-order chi connectivity index (χ1) is 8.80. The molecule has 1 fully saturated rings. The number of aromatic nitrogens is 2. The molecule has 19 heavy (non-hydrogen) atoms. The van der Waals surface area contributed by atoms with Gasteiger partial charge in [-0.15, -0.1) is 0 Å². The number of fused-ring (bicyclic) bond motifs is 1. The van der Waals surface area contributed by atoms with E-state index < -0.39 is 0 Å². The van der Waals surface area contributed by atoms with Gasteiger partial charge in [0, 0.05) is 12.4 Å². The van der Waals surface area contributed by atoms with Crippen molar-refractivity contribution in [1.82, 2.24) is 9.61 Å². The second-order valence-electron chi connectivity index (χ2n) is 6.20. The van der Waals surface area contributed by atoms with Gasteiger partial charge in [0.05, 0.1) is 16.7 Å². The van der Waals surface area contributed by atoms with Gasteiger partial charge in [-0.3, -0.25) is 0 Å². The van der Waals surface area contributed by atoms with Gasteiger partial charge in [0.15, 0.2) is 0 Å². The third kappa shape index (κ3) is 1.88. The summed E-state index contributed by atoms with van der Waals surface area (Å²) in [5.74, 6) is 0. The summed E-state index contributed by atoms with van der Waals surface area (Å²) in [6.45, 7) is 10.3. The van der Waals surface area contributed by atoms with E-state index in [0.717, 1.165) is 16.5 Å². The van der Waals surface area contributed by atoms with E-state index in [2.05, 4.69) is 45.8 Å². The zero-order chi connectivity index (χ0) is 13.8. The summed E-state index contributed by atoms with van der Waals surface area (Å²) in [7, 11) is -0.315. The average Bonchev–Trinajstić information content (AvgIpc) is 2.80. The summed E-state index contributed by atoms with van der Waals surface area (Å²) in [4.78, 5) is 0. The monoisotopic (exact) mass is 258 g/mol. The first kappa shape index (κ1) is 12.7. The molecule has 0 saturated carbocycles. The first-order valence-corrected chi connectivity index (χ1v) is 6.60. The van der Waals surface area contributed by atoms with E-state index in [1.54, 1.807) is 6.20 Å². The molecule has 2 aromatic heterocycles. The van der Waals surface area contributed by atoms with Crippen LogP contribution in [0.3, 0.4) is 0 Å². The van der Waals surface area contributed by atoms with Crippen LogP contribution in [0.25, 0.3) is 5.52 Å². The summed E-state index contributed by atoms with van der Waals surface area (Å²) in [6, 6.07) is 4.07. The summed E-state index contributed by atoms with van der Waals surface area (Å²) >= 11 is 0. The molecule has 0 aromatic carbocycles. The lowest BCUT2D eigenvalue weighted by atomic mass is 9.77. The number of aryl methyl sites for hydroxylation is 1. The zero-order valence-corrected chi connectivity index (χ0v) is 12.1. The Hall–Kier alpha value is -1.33. The van der Waals surface area contributed by atoms with Crippen LogP contribution in [0.5, 0.6) is 0 Å². The molecule has 1 aliphatic rings. The van der Waals surface area contributed by atoms with E-state index in [4.69, 9.17) is 9.31 Å². The van der Waals surface area contributed by atoms with Crippen molar-refractivity contribution in [2.24, 2.45) is 0 Å². The fourth-order valence-electron chi connectivity index (χ4n) is 2.30. The molecular weight excluding hydrogens is 239 g/mol. The van der Waals surface area contributed by atoms with Crippen LogP contribution in [0.1, 0.15) is 33.3 Å². The Kier molecular flexibility index (Phi) is 2.56. The highest BCUT2D eigenvalue weighted by Crippen LogP contribution is 2.36. The van der Waals surface area contributed by atoms with E-state index in [-0.39, 0.29) is 18.3 Å². The third-order valence-corrected chi connectivity index (χ3v) is 4.28.